The van der Waals surface area contributed by atoms with Crippen LogP contribution < -0.4 is 10.6 Å². The molecule has 0 aliphatic carbocycles. The van der Waals surface area contributed by atoms with Crippen molar-refractivity contribution in [3.8, 4) is 11.8 Å². The van der Waals surface area contributed by atoms with Gasteiger partial charge in [0.1, 0.15) is 0 Å². The molecule has 0 saturated carbocycles. The number of nitrogens with one attached hydrogen (secondary N) is 2. The summed E-state index contributed by atoms with van der Waals surface area (Å²) in [4.78, 5) is 22.4. The van der Waals surface area contributed by atoms with E-state index in [2.05, 4.69) is 22.5 Å². The number of rotatable bonds is 4. The predicted octanol–water partition coefficient (Wildman–Crippen LogP) is 2.57. The van der Waals surface area contributed by atoms with Crippen molar-refractivity contribution in [2.75, 3.05) is 11.9 Å². The molecule has 0 fully saturated rings. The van der Waals surface area contributed by atoms with E-state index in [1.807, 2.05) is 0 Å². The van der Waals surface area contributed by atoms with E-state index >= 15 is 0 Å². The number of aromatic carboxylic acids is 1. The molecule has 0 bridgehead atoms. The van der Waals surface area contributed by atoms with Gasteiger partial charge in [-0.25, -0.2) is 9.59 Å². The molecule has 0 saturated heterocycles. The molecule has 0 radical (unpaired) electrons. The van der Waals surface area contributed by atoms with Gasteiger partial charge in [-0.05, 0) is 25.1 Å². The number of urea groups is 1. The van der Waals surface area contributed by atoms with Crippen molar-refractivity contribution in [3.63, 3.8) is 0 Å². The number of halogens is 1. The van der Waals surface area contributed by atoms with E-state index in [1.165, 1.54) is 18.2 Å². The van der Waals surface area contributed by atoms with Crippen molar-refractivity contribution in [3.05, 3.63) is 28.8 Å². The lowest BCUT2D eigenvalue weighted by atomic mass is 10.2. The second kappa shape index (κ2) is 7.29. The summed E-state index contributed by atoms with van der Waals surface area (Å²) in [6, 6.07) is 3.83. The smallest absolute Gasteiger partial charge is 0.337 e. The number of hydrogen-bond donors (Lipinski definition) is 3. The molecular weight excluding hydrogens is 268 g/mol. The summed E-state index contributed by atoms with van der Waals surface area (Å²) < 4.78 is 0. The molecule has 1 rings (SSSR count). The van der Waals surface area contributed by atoms with Crippen LogP contribution in [0.2, 0.25) is 5.02 Å². The van der Waals surface area contributed by atoms with E-state index in [9.17, 15) is 9.59 Å². The summed E-state index contributed by atoms with van der Waals surface area (Å²) in [5.41, 5.74) is 0.303. The third-order valence-corrected chi connectivity index (χ3v) is 2.50. The van der Waals surface area contributed by atoms with Crippen molar-refractivity contribution in [1.82, 2.24) is 5.32 Å². The average molecular weight is 281 g/mol. The molecule has 0 aromatic heterocycles. The van der Waals surface area contributed by atoms with Gasteiger partial charge >= 0.3 is 12.0 Å². The zero-order valence-electron chi connectivity index (χ0n) is 10.3. The molecule has 0 spiro atoms. The standard InChI is InChI=1S/C13H13ClN2O3/c1-2-3-4-7-15-13(19)16-9-5-6-11(14)10(8-9)12(17)18/h5-6,8H,4,7H2,1H3,(H,17,18)(H2,15,16,19). The Morgan fingerprint density at radius 1 is 1.42 bits per heavy atom. The molecule has 2 amide bonds. The van der Waals surface area contributed by atoms with Crippen LogP contribution in [0.4, 0.5) is 10.5 Å². The Morgan fingerprint density at radius 2 is 2.16 bits per heavy atom. The summed E-state index contributed by atoms with van der Waals surface area (Å²) in [7, 11) is 0. The van der Waals surface area contributed by atoms with Crippen molar-refractivity contribution in [1.29, 1.82) is 0 Å². The summed E-state index contributed by atoms with van der Waals surface area (Å²) in [5, 5.41) is 14.1. The van der Waals surface area contributed by atoms with Gasteiger partial charge in [-0.2, -0.15) is 0 Å². The minimum atomic E-state index is -1.15. The highest BCUT2D eigenvalue weighted by atomic mass is 35.5. The molecule has 1 aromatic carbocycles. The molecule has 6 heteroatoms. The highest BCUT2D eigenvalue weighted by Gasteiger charge is 2.10. The fourth-order valence-corrected chi connectivity index (χ4v) is 1.50. The van der Waals surface area contributed by atoms with E-state index in [-0.39, 0.29) is 10.6 Å². The SMILES string of the molecule is CC#CCCNC(=O)Nc1ccc(Cl)c(C(=O)O)c1. The van der Waals surface area contributed by atoms with Crippen molar-refractivity contribution < 1.29 is 14.7 Å². The van der Waals surface area contributed by atoms with Gasteiger partial charge in [0.25, 0.3) is 0 Å². The van der Waals surface area contributed by atoms with Crippen LogP contribution in [0.5, 0.6) is 0 Å². The summed E-state index contributed by atoms with van der Waals surface area (Å²) >= 11 is 5.72. The van der Waals surface area contributed by atoms with Crippen LogP contribution in [0.1, 0.15) is 23.7 Å². The Bertz CT molecular complexity index is 547. The molecule has 0 aliphatic rings. The maximum absolute atomic E-state index is 11.5. The van der Waals surface area contributed by atoms with Crippen LogP contribution in [0.3, 0.4) is 0 Å². The topological polar surface area (TPSA) is 78.4 Å². The fourth-order valence-electron chi connectivity index (χ4n) is 1.31. The minimum Gasteiger partial charge on any atom is -0.478 e. The molecule has 0 atom stereocenters. The Labute approximate surface area is 116 Å². The summed E-state index contributed by atoms with van der Waals surface area (Å²) in [6.07, 6.45) is 0.560. The van der Waals surface area contributed by atoms with Gasteiger partial charge in [0, 0.05) is 18.7 Å². The third kappa shape index (κ3) is 4.90. The largest absolute Gasteiger partial charge is 0.478 e. The minimum absolute atomic E-state index is 0.0590. The van der Waals surface area contributed by atoms with Crippen LogP contribution in [0.15, 0.2) is 18.2 Å². The second-order valence-electron chi connectivity index (χ2n) is 3.56. The second-order valence-corrected chi connectivity index (χ2v) is 3.96. The first-order valence-electron chi connectivity index (χ1n) is 5.52. The Morgan fingerprint density at radius 3 is 2.79 bits per heavy atom. The number of carboxylic acids is 1. The van der Waals surface area contributed by atoms with E-state index in [0.717, 1.165) is 0 Å². The van der Waals surface area contributed by atoms with Gasteiger partial charge in [-0.3, -0.25) is 0 Å². The number of hydrogen-bond acceptors (Lipinski definition) is 2. The summed E-state index contributed by atoms with van der Waals surface area (Å²) in [6.45, 7) is 2.15. The van der Waals surface area contributed by atoms with Gasteiger partial charge in [0.15, 0.2) is 0 Å². The molecule has 19 heavy (non-hydrogen) atoms. The van der Waals surface area contributed by atoms with Gasteiger partial charge < -0.3 is 15.7 Å². The number of carbonyl (C=O) groups is 2. The van der Waals surface area contributed by atoms with E-state index in [4.69, 9.17) is 16.7 Å². The zero-order valence-corrected chi connectivity index (χ0v) is 11.0. The quantitative estimate of drug-likeness (QED) is 0.586. The van der Waals surface area contributed by atoms with Crippen molar-refractivity contribution >= 4 is 29.3 Å². The highest BCUT2D eigenvalue weighted by molar-refractivity contribution is 6.33. The first-order valence-corrected chi connectivity index (χ1v) is 5.89. The number of benzene rings is 1. The molecule has 3 N–H and O–H groups in total. The van der Waals surface area contributed by atoms with Crippen molar-refractivity contribution in [2.45, 2.75) is 13.3 Å². The molecule has 0 unspecified atom stereocenters. The normalized spacial score (nSPS) is 9.16. The molecule has 0 heterocycles. The van der Waals surface area contributed by atoms with Crippen LogP contribution in [0, 0.1) is 11.8 Å². The van der Waals surface area contributed by atoms with E-state index in [1.54, 1.807) is 6.92 Å². The lowest BCUT2D eigenvalue weighted by Crippen LogP contribution is -2.29. The zero-order chi connectivity index (χ0) is 14.3. The van der Waals surface area contributed by atoms with Crippen LogP contribution in [-0.4, -0.2) is 23.7 Å². The van der Waals surface area contributed by atoms with E-state index in [0.29, 0.717) is 18.7 Å². The first kappa shape index (κ1) is 14.9. The summed E-state index contributed by atoms with van der Waals surface area (Å²) in [5.74, 6) is 4.38. The van der Waals surface area contributed by atoms with Gasteiger partial charge in [0.05, 0.1) is 10.6 Å². The van der Waals surface area contributed by atoms with E-state index < -0.39 is 12.0 Å². The molecule has 5 nitrogen and oxygen atoms in total. The maximum atomic E-state index is 11.5. The van der Waals surface area contributed by atoms with Crippen LogP contribution >= 0.6 is 11.6 Å². The number of carbonyl (C=O) groups excluding carboxylic acids is 1. The predicted molar refractivity (Wildman–Crippen MR) is 73.5 cm³/mol. The van der Waals surface area contributed by atoms with Gasteiger partial charge in [0.2, 0.25) is 0 Å². The highest BCUT2D eigenvalue weighted by Crippen LogP contribution is 2.20. The Balaban J connectivity index is 2.61. The van der Waals surface area contributed by atoms with Gasteiger partial charge in [-0.15, -0.1) is 11.8 Å². The molecule has 100 valence electrons. The number of anilines is 1. The Kier molecular flexibility index (Phi) is 5.71. The molecule has 1 aromatic rings. The fraction of sp³-hybridized carbons (Fsp3) is 0.231. The average Bonchev–Trinajstić information content (AvgIpc) is 2.36. The first-order chi connectivity index (χ1) is 9.04. The lowest BCUT2D eigenvalue weighted by molar-refractivity contribution is 0.0697. The van der Waals surface area contributed by atoms with Crippen molar-refractivity contribution in [2.24, 2.45) is 0 Å². The molecular formula is C13H13ClN2O3. The van der Waals surface area contributed by atoms with Crippen LogP contribution in [0.25, 0.3) is 0 Å². The van der Waals surface area contributed by atoms with Gasteiger partial charge in [-0.1, -0.05) is 11.6 Å². The maximum Gasteiger partial charge on any atom is 0.337 e. The third-order valence-electron chi connectivity index (χ3n) is 2.17. The number of amides is 2. The monoisotopic (exact) mass is 280 g/mol. The Hall–Kier alpha value is -2.19. The number of carboxylic acid groups (broad SMARTS) is 1. The van der Waals surface area contributed by atoms with Crippen LogP contribution in [-0.2, 0) is 0 Å². The lowest BCUT2D eigenvalue weighted by Gasteiger charge is -2.07. The molecule has 0 aliphatic heterocycles.